The molecule has 33 heavy (non-hydrogen) atoms. The molecule has 0 spiro atoms. The first kappa shape index (κ1) is 26.0. The largest absolute Gasteiger partial charge is 0.351 e. The Balaban J connectivity index is 0.000000914. The van der Waals surface area contributed by atoms with Gasteiger partial charge in [0.1, 0.15) is 6.79 Å². The van der Waals surface area contributed by atoms with E-state index >= 15 is 0 Å². The van der Waals surface area contributed by atoms with E-state index in [1.807, 2.05) is 43.2 Å². The SMILES string of the molecule is C=O.CN.CN1CCC(C(=O)NCc2cccc(-c3ccccc3)c2)(c2ccccc2)CC1. The van der Waals surface area contributed by atoms with Crippen molar-refractivity contribution in [2.75, 3.05) is 27.2 Å². The molecule has 1 fully saturated rings. The lowest BCUT2D eigenvalue weighted by molar-refractivity contribution is -0.128. The minimum atomic E-state index is -0.440. The molecule has 1 aliphatic heterocycles. The molecule has 0 atom stereocenters. The monoisotopic (exact) mass is 445 g/mol. The number of amides is 1. The van der Waals surface area contributed by atoms with Crippen LogP contribution in [0.15, 0.2) is 84.9 Å². The first-order valence-corrected chi connectivity index (χ1v) is 11.2. The van der Waals surface area contributed by atoms with Crippen molar-refractivity contribution in [2.45, 2.75) is 24.8 Å². The van der Waals surface area contributed by atoms with Gasteiger partial charge in [-0.2, -0.15) is 0 Å². The van der Waals surface area contributed by atoms with Crippen LogP contribution in [0.4, 0.5) is 0 Å². The number of nitrogens with zero attached hydrogens (tertiary/aromatic N) is 1. The Morgan fingerprint density at radius 2 is 1.42 bits per heavy atom. The lowest BCUT2D eigenvalue weighted by Crippen LogP contribution is -2.50. The van der Waals surface area contributed by atoms with Crippen molar-refractivity contribution < 1.29 is 9.59 Å². The maximum Gasteiger partial charge on any atom is 0.231 e. The number of carbonyl (C=O) groups is 2. The Labute approximate surface area is 197 Å². The third kappa shape index (κ3) is 6.60. The minimum Gasteiger partial charge on any atom is -0.351 e. The van der Waals surface area contributed by atoms with Crippen LogP contribution in [0.5, 0.6) is 0 Å². The van der Waals surface area contributed by atoms with Crippen molar-refractivity contribution in [3.8, 4) is 11.1 Å². The van der Waals surface area contributed by atoms with Crippen LogP contribution in [-0.2, 0) is 21.5 Å². The Bertz CT molecular complexity index is 969. The molecule has 5 heteroatoms. The number of benzene rings is 3. The zero-order chi connectivity index (χ0) is 24.1. The predicted molar refractivity (Wildman–Crippen MR) is 136 cm³/mol. The number of hydrogen-bond acceptors (Lipinski definition) is 4. The Morgan fingerprint density at radius 3 is 2.03 bits per heavy atom. The Morgan fingerprint density at radius 1 is 0.879 bits per heavy atom. The molecule has 3 N–H and O–H groups in total. The van der Waals surface area contributed by atoms with Gasteiger partial charge in [0.2, 0.25) is 5.91 Å². The van der Waals surface area contributed by atoms with Gasteiger partial charge in [0.05, 0.1) is 5.41 Å². The second-order valence-electron chi connectivity index (χ2n) is 8.00. The van der Waals surface area contributed by atoms with Crippen LogP contribution < -0.4 is 11.1 Å². The van der Waals surface area contributed by atoms with E-state index in [0.717, 1.165) is 37.1 Å². The number of nitrogens with one attached hydrogen (secondary N) is 1. The molecule has 0 aliphatic carbocycles. The third-order valence-corrected chi connectivity index (χ3v) is 6.09. The lowest BCUT2D eigenvalue weighted by Gasteiger charge is -2.39. The van der Waals surface area contributed by atoms with E-state index in [0.29, 0.717) is 6.54 Å². The van der Waals surface area contributed by atoms with Crippen molar-refractivity contribution in [1.29, 1.82) is 0 Å². The number of likely N-dealkylation sites (tertiary alicyclic amines) is 1. The highest BCUT2D eigenvalue weighted by Gasteiger charge is 2.42. The van der Waals surface area contributed by atoms with Crippen LogP contribution in [0.25, 0.3) is 11.1 Å². The summed E-state index contributed by atoms with van der Waals surface area (Å²) in [7, 11) is 3.63. The second-order valence-corrected chi connectivity index (χ2v) is 8.00. The van der Waals surface area contributed by atoms with Gasteiger partial charge in [-0.1, -0.05) is 78.9 Å². The van der Waals surface area contributed by atoms with Gasteiger partial charge in [-0.15, -0.1) is 0 Å². The smallest absolute Gasteiger partial charge is 0.231 e. The molecule has 0 saturated carbocycles. The van der Waals surface area contributed by atoms with Crippen molar-refractivity contribution in [1.82, 2.24) is 10.2 Å². The first-order chi connectivity index (χ1) is 16.2. The van der Waals surface area contributed by atoms with Crippen LogP contribution in [0.1, 0.15) is 24.0 Å². The molecule has 1 saturated heterocycles. The molecule has 1 heterocycles. The van der Waals surface area contributed by atoms with E-state index in [2.05, 4.69) is 71.5 Å². The van der Waals surface area contributed by atoms with Crippen LogP contribution in [0.3, 0.4) is 0 Å². The standard InChI is InChI=1S/C26H28N2O.CH5N.CH2O/c1-28-17-15-26(16-18-28,24-13-6-3-7-14-24)25(29)27-20-21-9-8-12-23(19-21)22-10-4-2-5-11-22;2*1-2/h2-14,19H,15-18,20H2,1H3,(H,27,29);2H2,1H3;1H2. The molecule has 3 aromatic carbocycles. The second kappa shape index (κ2) is 13.3. The molecule has 174 valence electrons. The quantitative estimate of drug-likeness (QED) is 0.622. The van der Waals surface area contributed by atoms with E-state index < -0.39 is 5.41 Å². The van der Waals surface area contributed by atoms with Crippen molar-refractivity contribution in [2.24, 2.45) is 5.73 Å². The summed E-state index contributed by atoms with van der Waals surface area (Å²) in [6.45, 7) is 4.42. The lowest BCUT2D eigenvalue weighted by atomic mass is 9.72. The summed E-state index contributed by atoms with van der Waals surface area (Å²) in [6, 6.07) is 29.0. The number of rotatable bonds is 5. The molecule has 1 aliphatic rings. The van der Waals surface area contributed by atoms with E-state index in [1.54, 1.807) is 0 Å². The fourth-order valence-corrected chi connectivity index (χ4v) is 4.25. The maximum absolute atomic E-state index is 13.4. The van der Waals surface area contributed by atoms with Crippen molar-refractivity contribution >= 4 is 12.7 Å². The van der Waals surface area contributed by atoms with Gasteiger partial charge in [-0.3, -0.25) is 4.79 Å². The summed E-state index contributed by atoms with van der Waals surface area (Å²) in [6.07, 6.45) is 1.70. The normalized spacial score (nSPS) is 14.6. The number of hydrogen-bond donors (Lipinski definition) is 2. The number of piperidine rings is 1. The topological polar surface area (TPSA) is 75.4 Å². The summed E-state index contributed by atoms with van der Waals surface area (Å²) in [5, 5.41) is 3.24. The maximum atomic E-state index is 13.4. The van der Waals surface area contributed by atoms with Gasteiger partial charge in [0.25, 0.3) is 0 Å². The van der Waals surface area contributed by atoms with Gasteiger partial charge in [-0.25, -0.2) is 0 Å². The van der Waals surface area contributed by atoms with Gasteiger partial charge >= 0.3 is 0 Å². The van der Waals surface area contributed by atoms with Crippen LogP contribution in [-0.4, -0.2) is 44.8 Å². The molecular weight excluding hydrogens is 410 g/mol. The van der Waals surface area contributed by atoms with E-state index in [9.17, 15) is 4.79 Å². The molecule has 3 aromatic rings. The van der Waals surface area contributed by atoms with Gasteiger partial charge in [0, 0.05) is 6.54 Å². The highest BCUT2D eigenvalue weighted by molar-refractivity contribution is 5.88. The van der Waals surface area contributed by atoms with E-state index in [1.165, 1.54) is 18.2 Å². The van der Waals surface area contributed by atoms with E-state index in [4.69, 9.17) is 4.79 Å². The fraction of sp³-hybridized carbons (Fsp3) is 0.286. The van der Waals surface area contributed by atoms with Crippen molar-refractivity contribution in [3.63, 3.8) is 0 Å². The van der Waals surface area contributed by atoms with E-state index in [-0.39, 0.29) is 5.91 Å². The third-order valence-electron chi connectivity index (χ3n) is 6.09. The Kier molecular flexibility index (Phi) is 10.5. The highest BCUT2D eigenvalue weighted by atomic mass is 16.2. The van der Waals surface area contributed by atoms with Crippen LogP contribution in [0.2, 0.25) is 0 Å². The molecule has 0 unspecified atom stereocenters. The zero-order valence-electron chi connectivity index (χ0n) is 19.7. The number of nitrogens with two attached hydrogens (primary N) is 1. The fourth-order valence-electron chi connectivity index (χ4n) is 4.25. The van der Waals surface area contributed by atoms with Crippen LogP contribution in [0, 0.1) is 0 Å². The molecule has 0 radical (unpaired) electrons. The first-order valence-electron chi connectivity index (χ1n) is 11.2. The summed E-state index contributed by atoms with van der Waals surface area (Å²) in [5.41, 5.74) is 8.68. The summed E-state index contributed by atoms with van der Waals surface area (Å²) >= 11 is 0. The van der Waals surface area contributed by atoms with Gasteiger partial charge < -0.3 is 20.7 Å². The molecule has 0 bridgehead atoms. The molecule has 1 amide bonds. The molecule has 4 rings (SSSR count). The average molecular weight is 446 g/mol. The predicted octanol–water partition coefficient (Wildman–Crippen LogP) is 4.02. The minimum absolute atomic E-state index is 0.141. The summed E-state index contributed by atoms with van der Waals surface area (Å²) < 4.78 is 0. The highest BCUT2D eigenvalue weighted by Crippen LogP contribution is 2.35. The van der Waals surface area contributed by atoms with Crippen molar-refractivity contribution in [3.05, 3.63) is 96.1 Å². The van der Waals surface area contributed by atoms with Gasteiger partial charge in [0.15, 0.2) is 0 Å². The summed E-state index contributed by atoms with van der Waals surface area (Å²) in [5.74, 6) is 0.141. The van der Waals surface area contributed by atoms with Gasteiger partial charge in [-0.05, 0) is 68.3 Å². The van der Waals surface area contributed by atoms with Crippen LogP contribution >= 0.6 is 0 Å². The average Bonchev–Trinajstić information content (AvgIpc) is 2.91. The Hall–Kier alpha value is -3.28. The molecule has 0 aromatic heterocycles. The number of carbonyl (C=O) groups excluding carboxylic acids is 2. The zero-order valence-corrected chi connectivity index (χ0v) is 19.7. The molecule has 5 nitrogen and oxygen atoms in total. The molecular formula is C28H35N3O2. The summed E-state index contributed by atoms with van der Waals surface area (Å²) in [4.78, 5) is 23.7.